The van der Waals surface area contributed by atoms with E-state index in [0.717, 1.165) is 51.4 Å². The van der Waals surface area contributed by atoms with Crippen molar-refractivity contribution < 1.29 is 24.9 Å². The standard InChI is InChI=1S/C31H59NO5/c1-3-4-5-6-7-10-14-17-20-29(34)24-32-25-30(35)21-18-15-12-9-8-11-13-16-19-28(33)23-27-22-26(2)37-31(27)36/h22,26,28-30,32-35H,3-21,23-25H2,1-2H3/t26-,28+,29-,30-/m0/s1. The van der Waals surface area contributed by atoms with E-state index in [1.54, 1.807) is 0 Å². The lowest BCUT2D eigenvalue weighted by atomic mass is 10.0. The van der Waals surface area contributed by atoms with Crippen molar-refractivity contribution in [3.8, 4) is 0 Å². The second-order valence-electron chi connectivity index (χ2n) is 11.3. The second-order valence-corrected chi connectivity index (χ2v) is 11.3. The second kappa shape index (κ2) is 23.0. The van der Waals surface area contributed by atoms with E-state index in [-0.39, 0.29) is 24.3 Å². The van der Waals surface area contributed by atoms with Crippen molar-refractivity contribution in [2.45, 2.75) is 167 Å². The maximum atomic E-state index is 11.6. The van der Waals surface area contributed by atoms with E-state index >= 15 is 0 Å². The monoisotopic (exact) mass is 525 g/mol. The van der Waals surface area contributed by atoms with Gasteiger partial charge in [0.05, 0.1) is 18.3 Å². The minimum Gasteiger partial charge on any atom is -0.455 e. The van der Waals surface area contributed by atoms with Gasteiger partial charge in [-0.2, -0.15) is 0 Å². The van der Waals surface area contributed by atoms with Crippen LogP contribution in [0.3, 0.4) is 0 Å². The predicted molar refractivity (Wildman–Crippen MR) is 153 cm³/mol. The molecule has 218 valence electrons. The molecule has 37 heavy (non-hydrogen) atoms. The highest BCUT2D eigenvalue weighted by Crippen LogP contribution is 2.20. The third-order valence-electron chi connectivity index (χ3n) is 7.42. The first-order chi connectivity index (χ1) is 17.9. The smallest absolute Gasteiger partial charge is 0.334 e. The van der Waals surface area contributed by atoms with Crippen molar-refractivity contribution in [1.82, 2.24) is 5.32 Å². The highest BCUT2D eigenvalue weighted by molar-refractivity contribution is 5.90. The average molecular weight is 526 g/mol. The SMILES string of the molecule is CCCCCCCCCC[C@H](O)CNC[C@@H](O)CCCCCCCCCC[C@@H](O)CC1=C[C@H](C)OC1=O. The molecule has 0 amide bonds. The molecule has 0 fully saturated rings. The van der Waals surface area contributed by atoms with Crippen LogP contribution in [-0.4, -0.2) is 58.8 Å². The van der Waals surface area contributed by atoms with Gasteiger partial charge >= 0.3 is 5.97 Å². The summed E-state index contributed by atoms with van der Waals surface area (Å²) in [4.78, 5) is 11.6. The van der Waals surface area contributed by atoms with E-state index in [9.17, 15) is 20.1 Å². The Morgan fingerprint density at radius 3 is 1.51 bits per heavy atom. The third kappa shape index (κ3) is 19.7. The van der Waals surface area contributed by atoms with Gasteiger partial charge in [-0.15, -0.1) is 0 Å². The zero-order chi connectivity index (χ0) is 27.1. The van der Waals surface area contributed by atoms with Crippen LogP contribution >= 0.6 is 0 Å². The summed E-state index contributed by atoms with van der Waals surface area (Å²) in [5, 5.41) is 33.6. The number of carbonyl (C=O) groups excluding carboxylic acids is 1. The molecule has 0 saturated carbocycles. The molecule has 0 unspecified atom stereocenters. The summed E-state index contributed by atoms with van der Waals surface area (Å²) in [7, 11) is 0. The Morgan fingerprint density at radius 1 is 0.703 bits per heavy atom. The number of hydrogen-bond donors (Lipinski definition) is 4. The largest absolute Gasteiger partial charge is 0.455 e. The van der Waals surface area contributed by atoms with Crippen molar-refractivity contribution in [3.05, 3.63) is 11.6 Å². The fourth-order valence-electron chi connectivity index (χ4n) is 5.09. The number of aliphatic hydroxyl groups is 3. The van der Waals surface area contributed by atoms with Crippen molar-refractivity contribution in [3.63, 3.8) is 0 Å². The quantitative estimate of drug-likeness (QED) is 0.0775. The van der Waals surface area contributed by atoms with Crippen LogP contribution in [0.1, 0.15) is 142 Å². The average Bonchev–Trinajstić information content (AvgIpc) is 3.17. The van der Waals surface area contributed by atoms with Gasteiger partial charge in [0.1, 0.15) is 6.10 Å². The number of carbonyl (C=O) groups is 1. The van der Waals surface area contributed by atoms with Crippen molar-refractivity contribution >= 4 is 5.97 Å². The molecule has 0 aromatic rings. The minimum atomic E-state index is -0.455. The van der Waals surface area contributed by atoms with Crippen LogP contribution in [0.2, 0.25) is 0 Å². The van der Waals surface area contributed by atoms with Gasteiger partial charge in [0.15, 0.2) is 0 Å². The van der Waals surface area contributed by atoms with E-state index in [2.05, 4.69) is 12.2 Å². The molecule has 1 aliphatic rings. The summed E-state index contributed by atoms with van der Waals surface area (Å²) in [6.45, 7) is 5.23. The molecule has 6 heteroatoms. The van der Waals surface area contributed by atoms with Crippen LogP contribution < -0.4 is 5.32 Å². The highest BCUT2D eigenvalue weighted by Gasteiger charge is 2.23. The van der Waals surface area contributed by atoms with Gasteiger partial charge in [-0.05, 0) is 32.3 Å². The van der Waals surface area contributed by atoms with Gasteiger partial charge in [-0.3, -0.25) is 0 Å². The first-order valence-electron chi connectivity index (χ1n) is 15.6. The first kappa shape index (κ1) is 34.1. The molecule has 4 N–H and O–H groups in total. The summed E-state index contributed by atoms with van der Waals surface area (Å²) < 4.78 is 5.07. The van der Waals surface area contributed by atoms with Crippen molar-refractivity contribution in [2.75, 3.05) is 13.1 Å². The fraction of sp³-hybridized carbons (Fsp3) is 0.903. The summed E-state index contributed by atoms with van der Waals surface area (Å²) in [6, 6.07) is 0. The molecule has 0 aromatic carbocycles. The summed E-state index contributed by atoms with van der Waals surface area (Å²) in [5.74, 6) is -0.279. The Balaban J connectivity index is 1.82. The molecule has 6 nitrogen and oxygen atoms in total. The first-order valence-corrected chi connectivity index (χ1v) is 15.6. The van der Waals surface area contributed by atoms with E-state index in [4.69, 9.17) is 4.74 Å². The van der Waals surface area contributed by atoms with Gasteiger partial charge < -0.3 is 25.4 Å². The maximum absolute atomic E-state index is 11.6. The zero-order valence-electron chi connectivity index (χ0n) is 24.1. The highest BCUT2D eigenvalue weighted by atomic mass is 16.5. The maximum Gasteiger partial charge on any atom is 0.334 e. The molecule has 1 heterocycles. The Labute approximate surface area is 227 Å². The fourth-order valence-corrected chi connectivity index (χ4v) is 5.09. The number of hydrogen-bond acceptors (Lipinski definition) is 6. The molecule has 1 rings (SSSR count). The molecule has 0 aromatic heterocycles. The molecule has 0 saturated heterocycles. The number of rotatable bonds is 26. The molecule has 0 bridgehead atoms. The molecule has 0 spiro atoms. The Bertz CT molecular complexity index is 582. The van der Waals surface area contributed by atoms with Crippen molar-refractivity contribution in [2.24, 2.45) is 0 Å². The number of unbranched alkanes of at least 4 members (excludes halogenated alkanes) is 14. The van der Waals surface area contributed by atoms with E-state index < -0.39 is 6.10 Å². The van der Waals surface area contributed by atoms with Gasteiger partial charge in [-0.1, -0.05) is 110 Å². The van der Waals surface area contributed by atoms with Crippen LogP contribution in [0.4, 0.5) is 0 Å². The number of ether oxygens (including phenoxy) is 1. The van der Waals surface area contributed by atoms with E-state index in [1.165, 1.54) is 70.6 Å². The number of aliphatic hydroxyl groups excluding tert-OH is 3. The Kier molecular flexibility index (Phi) is 21.2. The van der Waals surface area contributed by atoms with Gasteiger partial charge in [0.2, 0.25) is 0 Å². The molecular formula is C31H59NO5. The van der Waals surface area contributed by atoms with Crippen LogP contribution in [-0.2, 0) is 9.53 Å². The molecule has 1 aliphatic heterocycles. The molecule has 0 radical (unpaired) electrons. The summed E-state index contributed by atoms with van der Waals surface area (Å²) in [5.41, 5.74) is 0.618. The number of esters is 1. The molecule has 0 aliphatic carbocycles. The van der Waals surface area contributed by atoms with Crippen molar-refractivity contribution in [1.29, 1.82) is 0 Å². The van der Waals surface area contributed by atoms with Crippen LogP contribution in [0, 0.1) is 0 Å². The summed E-state index contributed by atoms with van der Waals surface area (Å²) in [6.07, 6.45) is 22.8. The van der Waals surface area contributed by atoms with Gasteiger partial charge in [0, 0.05) is 25.1 Å². The van der Waals surface area contributed by atoms with E-state index in [0.29, 0.717) is 25.1 Å². The minimum absolute atomic E-state index is 0.164. The third-order valence-corrected chi connectivity index (χ3v) is 7.42. The molecular weight excluding hydrogens is 466 g/mol. The Hall–Kier alpha value is -0.950. The lowest BCUT2D eigenvalue weighted by molar-refractivity contribution is -0.139. The van der Waals surface area contributed by atoms with Crippen LogP contribution in [0.5, 0.6) is 0 Å². The van der Waals surface area contributed by atoms with Crippen LogP contribution in [0.15, 0.2) is 11.6 Å². The van der Waals surface area contributed by atoms with Gasteiger partial charge in [0.25, 0.3) is 0 Å². The Morgan fingerprint density at radius 2 is 1.11 bits per heavy atom. The van der Waals surface area contributed by atoms with Crippen LogP contribution in [0.25, 0.3) is 0 Å². The lowest BCUT2D eigenvalue weighted by Crippen LogP contribution is -2.33. The predicted octanol–water partition coefficient (Wildman–Crippen LogP) is 6.35. The number of nitrogens with one attached hydrogen (secondary N) is 1. The summed E-state index contributed by atoms with van der Waals surface area (Å²) >= 11 is 0. The van der Waals surface area contributed by atoms with E-state index in [1.807, 2.05) is 13.0 Å². The molecule has 4 atom stereocenters. The normalized spacial score (nSPS) is 18.0. The number of cyclic esters (lactones) is 1. The zero-order valence-corrected chi connectivity index (χ0v) is 24.1. The van der Waals surface area contributed by atoms with Gasteiger partial charge in [-0.25, -0.2) is 4.79 Å². The topological polar surface area (TPSA) is 99.0 Å². The lowest BCUT2D eigenvalue weighted by Gasteiger charge is -2.15.